The lowest BCUT2D eigenvalue weighted by Crippen LogP contribution is -2.28. The van der Waals surface area contributed by atoms with E-state index in [0.717, 1.165) is 6.54 Å². The average molecular weight is 202 g/mol. The van der Waals surface area contributed by atoms with Gasteiger partial charge in [-0.1, -0.05) is 39.0 Å². The van der Waals surface area contributed by atoms with Gasteiger partial charge in [0.05, 0.1) is 5.69 Å². The molecule has 0 bridgehead atoms. The lowest BCUT2D eigenvalue weighted by atomic mass is 9.87. The maximum Gasteiger partial charge on any atom is 0.0570 e. The highest BCUT2D eigenvalue weighted by Gasteiger charge is 2.14. The Morgan fingerprint density at radius 1 is 1.13 bits per heavy atom. The average Bonchev–Trinajstić information content (AvgIpc) is 2.69. The number of anilines is 1. The molecular formula is C13H18N2. The SMILES string of the molecule is CC(C)(C)c1ccc(N2C=CCN2)cc1. The van der Waals surface area contributed by atoms with E-state index in [0.29, 0.717) is 0 Å². The lowest BCUT2D eigenvalue weighted by molar-refractivity contribution is 0.590. The van der Waals surface area contributed by atoms with Crippen LogP contribution in [0.1, 0.15) is 26.3 Å². The summed E-state index contributed by atoms with van der Waals surface area (Å²) in [6, 6.07) is 8.71. The largest absolute Gasteiger partial charge is 0.284 e. The molecule has 0 saturated heterocycles. The fourth-order valence-electron chi connectivity index (χ4n) is 1.66. The zero-order valence-electron chi connectivity index (χ0n) is 9.62. The Bertz CT molecular complexity index is 357. The van der Waals surface area contributed by atoms with Crippen molar-refractivity contribution < 1.29 is 0 Å². The molecule has 2 rings (SSSR count). The maximum absolute atomic E-state index is 3.25. The molecule has 2 heteroatoms. The Kier molecular flexibility index (Phi) is 2.53. The van der Waals surface area contributed by atoms with Gasteiger partial charge in [0, 0.05) is 12.7 Å². The van der Waals surface area contributed by atoms with Crippen molar-refractivity contribution in [2.45, 2.75) is 26.2 Å². The zero-order chi connectivity index (χ0) is 10.9. The number of rotatable bonds is 1. The Morgan fingerprint density at radius 2 is 1.80 bits per heavy atom. The number of hydrogen-bond acceptors (Lipinski definition) is 2. The molecule has 0 radical (unpaired) electrons. The van der Waals surface area contributed by atoms with Gasteiger partial charge in [-0.15, -0.1) is 0 Å². The summed E-state index contributed by atoms with van der Waals surface area (Å²) in [7, 11) is 0. The first-order chi connectivity index (χ1) is 7.07. The molecule has 1 N–H and O–H groups in total. The van der Waals surface area contributed by atoms with E-state index in [9.17, 15) is 0 Å². The Morgan fingerprint density at radius 3 is 2.27 bits per heavy atom. The van der Waals surface area contributed by atoms with Gasteiger partial charge < -0.3 is 0 Å². The van der Waals surface area contributed by atoms with Crippen molar-refractivity contribution in [1.29, 1.82) is 0 Å². The van der Waals surface area contributed by atoms with Gasteiger partial charge >= 0.3 is 0 Å². The number of nitrogens with zero attached hydrogens (tertiary/aromatic N) is 1. The van der Waals surface area contributed by atoms with Gasteiger partial charge in [-0.3, -0.25) is 5.01 Å². The van der Waals surface area contributed by atoms with Crippen LogP contribution in [0.2, 0.25) is 0 Å². The molecule has 0 spiro atoms. The molecule has 0 aromatic heterocycles. The standard InChI is InChI=1S/C13H18N2/c1-13(2,3)11-5-7-12(8-6-11)15-10-4-9-14-15/h4-8,10,14H,9H2,1-3H3. The predicted octanol–water partition coefficient (Wildman–Crippen LogP) is 2.82. The molecule has 0 aliphatic carbocycles. The number of nitrogens with one attached hydrogen (secondary N) is 1. The Balaban J connectivity index is 2.20. The number of hydrogen-bond donors (Lipinski definition) is 1. The van der Waals surface area contributed by atoms with Crippen molar-refractivity contribution >= 4 is 5.69 Å². The Hall–Kier alpha value is -1.28. The van der Waals surface area contributed by atoms with E-state index in [1.54, 1.807) is 0 Å². The first kappa shape index (κ1) is 10.2. The fourth-order valence-corrected chi connectivity index (χ4v) is 1.66. The minimum atomic E-state index is 0.229. The number of hydrazine groups is 1. The molecular weight excluding hydrogens is 184 g/mol. The fraction of sp³-hybridized carbons (Fsp3) is 0.385. The van der Waals surface area contributed by atoms with E-state index in [1.807, 2.05) is 5.01 Å². The van der Waals surface area contributed by atoms with Crippen LogP contribution in [-0.4, -0.2) is 6.54 Å². The van der Waals surface area contributed by atoms with Gasteiger partial charge in [-0.2, -0.15) is 0 Å². The van der Waals surface area contributed by atoms with Gasteiger partial charge in [0.1, 0.15) is 0 Å². The normalized spacial score (nSPS) is 16.1. The van der Waals surface area contributed by atoms with Gasteiger partial charge in [0.15, 0.2) is 0 Å². The molecule has 0 unspecified atom stereocenters. The van der Waals surface area contributed by atoms with Crippen molar-refractivity contribution in [2.75, 3.05) is 11.6 Å². The molecule has 1 aromatic carbocycles. The third kappa shape index (κ3) is 2.21. The van der Waals surface area contributed by atoms with Crippen LogP contribution < -0.4 is 10.4 Å². The van der Waals surface area contributed by atoms with Crippen molar-refractivity contribution in [3.05, 3.63) is 42.1 Å². The minimum Gasteiger partial charge on any atom is -0.284 e. The summed E-state index contributed by atoms with van der Waals surface area (Å²) < 4.78 is 0. The second-order valence-electron chi connectivity index (χ2n) is 4.91. The van der Waals surface area contributed by atoms with Crippen LogP contribution in [-0.2, 0) is 5.41 Å². The van der Waals surface area contributed by atoms with Crippen LogP contribution in [0, 0.1) is 0 Å². The summed E-state index contributed by atoms with van der Waals surface area (Å²) in [4.78, 5) is 0. The van der Waals surface area contributed by atoms with Crippen molar-refractivity contribution in [2.24, 2.45) is 0 Å². The van der Waals surface area contributed by atoms with E-state index >= 15 is 0 Å². The van der Waals surface area contributed by atoms with Gasteiger partial charge in [-0.05, 0) is 23.1 Å². The van der Waals surface area contributed by atoms with E-state index in [-0.39, 0.29) is 5.41 Å². The zero-order valence-corrected chi connectivity index (χ0v) is 9.62. The number of benzene rings is 1. The molecule has 0 amide bonds. The molecule has 1 aliphatic heterocycles. The first-order valence-electron chi connectivity index (χ1n) is 5.37. The van der Waals surface area contributed by atoms with Crippen LogP contribution in [0.25, 0.3) is 0 Å². The van der Waals surface area contributed by atoms with Crippen molar-refractivity contribution in [1.82, 2.24) is 5.43 Å². The summed E-state index contributed by atoms with van der Waals surface area (Å²) in [6.45, 7) is 7.61. The molecule has 2 nitrogen and oxygen atoms in total. The maximum atomic E-state index is 3.25. The van der Waals surface area contributed by atoms with Crippen LogP contribution in [0.15, 0.2) is 36.5 Å². The van der Waals surface area contributed by atoms with Crippen LogP contribution in [0.5, 0.6) is 0 Å². The highest BCUT2D eigenvalue weighted by molar-refractivity contribution is 5.50. The van der Waals surface area contributed by atoms with E-state index in [4.69, 9.17) is 0 Å². The Labute approximate surface area is 91.6 Å². The third-order valence-corrected chi connectivity index (χ3v) is 2.65. The predicted molar refractivity (Wildman–Crippen MR) is 64.8 cm³/mol. The summed E-state index contributed by atoms with van der Waals surface area (Å²) >= 11 is 0. The lowest BCUT2D eigenvalue weighted by Gasteiger charge is -2.21. The van der Waals surface area contributed by atoms with E-state index in [2.05, 4.69) is 62.7 Å². The van der Waals surface area contributed by atoms with Gasteiger partial charge in [-0.25, -0.2) is 5.43 Å². The third-order valence-electron chi connectivity index (χ3n) is 2.65. The summed E-state index contributed by atoms with van der Waals surface area (Å²) in [5, 5.41) is 2.05. The van der Waals surface area contributed by atoms with Crippen molar-refractivity contribution in [3.8, 4) is 0 Å². The second kappa shape index (κ2) is 3.70. The molecule has 0 atom stereocenters. The molecule has 80 valence electrons. The smallest absolute Gasteiger partial charge is 0.0570 e. The van der Waals surface area contributed by atoms with E-state index < -0.39 is 0 Å². The topological polar surface area (TPSA) is 15.3 Å². The monoisotopic (exact) mass is 202 g/mol. The second-order valence-corrected chi connectivity index (χ2v) is 4.91. The quantitative estimate of drug-likeness (QED) is 0.753. The molecule has 0 fully saturated rings. The van der Waals surface area contributed by atoms with Gasteiger partial charge in [0.2, 0.25) is 0 Å². The summed E-state index contributed by atoms with van der Waals surface area (Å²) in [5.74, 6) is 0. The molecule has 1 aliphatic rings. The molecule has 15 heavy (non-hydrogen) atoms. The first-order valence-corrected chi connectivity index (χ1v) is 5.37. The van der Waals surface area contributed by atoms with E-state index in [1.165, 1.54) is 11.3 Å². The highest BCUT2D eigenvalue weighted by Crippen LogP contribution is 2.24. The van der Waals surface area contributed by atoms with Crippen LogP contribution in [0.4, 0.5) is 5.69 Å². The highest BCUT2D eigenvalue weighted by atomic mass is 15.5. The minimum absolute atomic E-state index is 0.229. The van der Waals surface area contributed by atoms with Crippen LogP contribution >= 0.6 is 0 Å². The summed E-state index contributed by atoms with van der Waals surface area (Å²) in [5.41, 5.74) is 6.04. The van der Waals surface area contributed by atoms with Crippen LogP contribution in [0.3, 0.4) is 0 Å². The molecule has 1 aromatic rings. The summed E-state index contributed by atoms with van der Waals surface area (Å²) in [6.07, 6.45) is 4.17. The molecule has 1 heterocycles. The molecule has 0 saturated carbocycles. The van der Waals surface area contributed by atoms with Crippen molar-refractivity contribution in [3.63, 3.8) is 0 Å². The van der Waals surface area contributed by atoms with Gasteiger partial charge in [0.25, 0.3) is 0 Å².